The van der Waals surface area contributed by atoms with Crippen LogP contribution in [0.25, 0.3) is 0 Å². The van der Waals surface area contributed by atoms with Crippen LogP contribution in [0, 0.1) is 23.7 Å². The number of nitriles is 1. The summed E-state index contributed by atoms with van der Waals surface area (Å²) >= 11 is 3.47. The summed E-state index contributed by atoms with van der Waals surface area (Å²) < 4.78 is 1.12. The van der Waals surface area contributed by atoms with Crippen LogP contribution in [0.15, 0.2) is 22.7 Å². The molecule has 2 nitrogen and oxygen atoms in total. The third-order valence-electron chi connectivity index (χ3n) is 2.54. The van der Waals surface area contributed by atoms with Gasteiger partial charge >= 0.3 is 0 Å². The molecule has 1 aromatic rings. The molecule has 1 aromatic carbocycles. The third kappa shape index (κ3) is 3.86. The monoisotopic (exact) mass is 280 g/mol. The van der Waals surface area contributed by atoms with Crippen molar-refractivity contribution in [2.45, 2.75) is 27.2 Å². The number of hydrogen-bond donors (Lipinski definition) is 1. The number of benzene rings is 1. The molecular weight excluding hydrogens is 264 g/mol. The Labute approximate surface area is 106 Å². The van der Waals surface area contributed by atoms with Crippen LogP contribution >= 0.6 is 15.9 Å². The molecule has 0 saturated heterocycles. The van der Waals surface area contributed by atoms with Crippen molar-refractivity contribution in [3.8, 4) is 6.07 Å². The number of hydrogen-bond acceptors (Lipinski definition) is 2. The average Bonchev–Trinajstić information content (AvgIpc) is 2.23. The van der Waals surface area contributed by atoms with Gasteiger partial charge in [0, 0.05) is 16.7 Å². The van der Waals surface area contributed by atoms with E-state index < -0.39 is 0 Å². The Bertz CT molecular complexity index is 405. The maximum atomic E-state index is 8.89. The van der Waals surface area contributed by atoms with Crippen molar-refractivity contribution in [3.05, 3.63) is 28.2 Å². The van der Waals surface area contributed by atoms with Gasteiger partial charge in [0.1, 0.15) is 0 Å². The zero-order chi connectivity index (χ0) is 12.2. The van der Waals surface area contributed by atoms with E-state index in [1.807, 2.05) is 26.0 Å². The number of nitrogens with zero attached hydrogens (tertiary/aromatic N) is 1. The van der Waals surface area contributed by atoms with Crippen molar-refractivity contribution in [2.75, 3.05) is 11.9 Å². The van der Waals surface area contributed by atoms with Crippen LogP contribution in [0.3, 0.4) is 0 Å². The SMILES string of the molecule is Cc1cc(NCCC(C)(C)C#N)ccc1Br. The maximum absolute atomic E-state index is 8.89. The van der Waals surface area contributed by atoms with E-state index in [1.165, 1.54) is 5.56 Å². The first kappa shape index (κ1) is 13.1. The van der Waals surface area contributed by atoms with Gasteiger partial charge in [-0.15, -0.1) is 0 Å². The molecule has 0 aliphatic carbocycles. The molecule has 1 rings (SSSR count). The average molecular weight is 281 g/mol. The van der Waals surface area contributed by atoms with Crippen molar-refractivity contribution >= 4 is 21.6 Å². The number of rotatable bonds is 4. The number of nitrogens with one attached hydrogen (secondary N) is 1. The summed E-state index contributed by atoms with van der Waals surface area (Å²) in [5, 5.41) is 12.2. The first-order valence-electron chi connectivity index (χ1n) is 5.36. The zero-order valence-electron chi connectivity index (χ0n) is 9.97. The molecule has 0 unspecified atom stereocenters. The Morgan fingerprint density at radius 1 is 1.44 bits per heavy atom. The van der Waals surface area contributed by atoms with Gasteiger partial charge in [-0.2, -0.15) is 5.26 Å². The molecule has 16 heavy (non-hydrogen) atoms. The van der Waals surface area contributed by atoms with Crippen molar-refractivity contribution in [1.29, 1.82) is 5.26 Å². The zero-order valence-corrected chi connectivity index (χ0v) is 11.6. The van der Waals surface area contributed by atoms with E-state index in [9.17, 15) is 0 Å². The summed E-state index contributed by atoms with van der Waals surface area (Å²) in [6.45, 7) is 6.80. The second kappa shape index (κ2) is 5.36. The molecule has 0 radical (unpaired) electrons. The molecule has 1 N–H and O–H groups in total. The predicted octanol–water partition coefficient (Wildman–Crippen LogP) is 4.11. The Morgan fingerprint density at radius 3 is 2.69 bits per heavy atom. The van der Waals surface area contributed by atoms with Crippen molar-refractivity contribution in [1.82, 2.24) is 0 Å². The number of aryl methyl sites for hydroxylation is 1. The van der Waals surface area contributed by atoms with Gasteiger partial charge in [0.2, 0.25) is 0 Å². The van der Waals surface area contributed by atoms with E-state index >= 15 is 0 Å². The van der Waals surface area contributed by atoms with Gasteiger partial charge < -0.3 is 5.32 Å². The molecule has 0 saturated carbocycles. The van der Waals surface area contributed by atoms with Crippen LogP contribution in [-0.4, -0.2) is 6.54 Å². The molecule has 0 spiro atoms. The van der Waals surface area contributed by atoms with Gasteiger partial charge in [-0.05, 0) is 51.0 Å². The summed E-state index contributed by atoms with van der Waals surface area (Å²) in [7, 11) is 0. The summed E-state index contributed by atoms with van der Waals surface area (Å²) in [5.74, 6) is 0. The minimum absolute atomic E-state index is 0.253. The van der Waals surface area contributed by atoms with E-state index in [-0.39, 0.29) is 5.41 Å². The van der Waals surface area contributed by atoms with Gasteiger partial charge in [0.25, 0.3) is 0 Å². The first-order chi connectivity index (χ1) is 7.44. The minimum atomic E-state index is -0.253. The van der Waals surface area contributed by atoms with E-state index in [0.717, 1.165) is 23.1 Å². The van der Waals surface area contributed by atoms with Crippen LogP contribution < -0.4 is 5.32 Å². The largest absolute Gasteiger partial charge is 0.385 e. The lowest BCUT2D eigenvalue weighted by molar-refractivity contribution is 0.466. The van der Waals surface area contributed by atoms with Gasteiger partial charge in [0.05, 0.1) is 11.5 Å². The summed E-state index contributed by atoms with van der Waals surface area (Å²) in [4.78, 5) is 0. The maximum Gasteiger partial charge on any atom is 0.0684 e. The lowest BCUT2D eigenvalue weighted by Crippen LogP contribution is -2.14. The Kier molecular flexibility index (Phi) is 4.37. The molecule has 0 aliphatic rings. The van der Waals surface area contributed by atoms with Crippen molar-refractivity contribution in [3.63, 3.8) is 0 Å². The van der Waals surface area contributed by atoms with Gasteiger partial charge in [-0.3, -0.25) is 0 Å². The van der Waals surface area contributed by atoms with Crippen LogP contribution in [0.1, 0.15) is 25.8 Å². The highest BCUT2D eigenvalue weighted by atomic mass is 79.9. The molecule has 0 atom stereocenters. The number of halogens is 1. The second-order valence-electron chi connectivity index (χ2n) is 4.64. The molecule has 0 aromatic heterocycles. The van der Waals surface area contributed by atoms with Gasteiger partial charge in [-0.25, -0.2) is 0 Å². The third-order valence-corrected chi connectivity index (χ3v) is 3.43. The normalized spacial score (nSPS) is 10.9. The van der Waals surface area contributed by atoms with Crippen LogP contribution in [0.5, 0.6) is 0 Å². The fourth-order valence-electron chi connectivity index (χ4n) is 1.33. The van der Waals surface area contributed by atoms with E-state index in [2.05, 4.69) is 40.3 Å². The fraction of sp³-hybridized carbons (Fsp3) is 0.462. The standard InChI is InChI=1S/C13H17BrN2/c1-10-8-11(4-5-12(10)14)16-7-6-13(2,3)9-15/h4-5,8,16H,6-7H2,1-3H3. The highest BCUT2D eigenvalue weighted by Gasteiger charge is 2.15. The molecule has 0 aliphatic heterocycles. The molecule has 0 amide bonds. The minimum Gasteiger partial charge on any atom is -0.385 e. The van der Waals surface area contributed by atoms with E-state index in [0.29, 0.717) is 0 Å². The summed E-state index contributed by atoms with van der Waals surface area (Å²) in [6, 6.07) is 8.47. The first-order valence-corrected chi connectivity index (χ1v) is 6.15. The Balaban J connectivity index is 2.50. The highest BCUT2D eigenvalue weighted by molar-refractivity contribution is 9.10. The quantitative estimate of drug-likeness (QED) is 0.901. The highest BCUT2D eigenvalue weighted by Crippen LogP contribution is 2.22. The second-order valence-corrected chi connectivity index (χ2v) is 5.49. The van der Waals surface area contributed by atoms with E-state index in [1.54, 1.807) is 0 Å². The Hall–Kier alpha value is -1.01. The molecular formula is C13H17BrN2. The summed E-state index contributed by atoms with van der Waals surface area (Å²) in [6.07, 6.45) is 0.846. The molecule has 3 heteroatoms. The van der Waals surface area contributed by atoms with Gasteiger partial charge in [0.15, 0.2) is 0 Å². The van der Waals surface area contributed by atoms with Gasteiger partial charge in [-0.1, -0.05) is 15.9 Å². The van der Waals surface area contributed by atoms with Crippen molar-refractivity contribution in [2.24, 2.45) is 5.41 Å². The van der Waals surface area contributed by atoms with Crippen LogP contribution in [0.2, 0.25) is 0 Å². The van der Waals surface area contributed by atoms with E-state index in [4.69, 9.17) is 5.26 Å². The fourth-order valence-corrected chi connectivity index (χ4v) is 1.58. The molecule has 0 heterocycles. The van der Waals surface area contributed by atoms with Crippen LogP contribution in [0.4, 0.5) is 5.69 Å². The molecule has 0 fully saturated rings. The Morgan fingerprint density at radius 2 is 2.12 bits per heavy atom. The summed E-state index contributed by atoms with van der Waals surface area (Å²) in [5.41, 5.74) is 2.07. The van der Waals surface area contributed by atoms with Crippen molar-refractivity contribution < 1.29 is 0 Å². The predicted molar refractivity (Wildman–Crippen MR) is 71.4 cm³/mol. The molecule has 86 valence electrons. The topological polar surface area (TPSA) is 35.8 Å². The van der Waals surface area contributed by atoms with Crippen LogP contribution in [-0.2, 0) is 0 Å². The number of anilines is 1. The molecule has 0 bridgehead atoms. The smallest absolute Gasteiger partial charge is 0.0684 e. The lowest BCUT2D eigenvalue weighted by Gasteiger charge is -2.16. The lowest BCUT2D eigenvalue weighted by atomic mass is 9.91.